The number of fused-ring (bicyclic) bond motifs is 3. The first-order valence-electron chi connectivity index (χ1n) is 9.15. The van der Waals surface area contributed by atoms with Crippen LogP contribution in [0.2, 0.25) is 5.02 Å². The average molecular weight is 445 g/mol. The highest BCUT2D eigenvalue weighted by atomic mass is 35.5. The van der Waals surface area contributed by atoms with Crippen molar-refractivity contribution in [2.45, 2.75) is 28.6 Å². The summed E-state index contributed by atoms with van der Waals surface area (Å²) in [6.45, 7) is 0.411. The molecule has 3 aromatic rings. The molecule has 1 aliphatic carbocycles. The molecule has 29 heavy (non-hydrogen) atoms. The Hall–Kier alpha value is -2.19. The van der Waals surface area contributed by atoms with Gasteiger partial charge in [0.15, 0.2) is 0 Å². The predicted octanol–water partition coefficient (Wildman–Crippen LogP) is 3.90. The highest BCUT2D eigenvalue weighted by molar-refractivity contribution is 7.91. The lowest BCUT2D eigenvalue weighted by Gasteiger charge is -2.16. The van der Waals surface area contributed by atoms with E-state index in [4.69, 9.17) is 11.6 Å². The molecule has 0 bridgehead atoms. The summed E-state index contributed by atoms with van der Waals surface area (Å²) in [5.74, 6) is -0.413. The number of hydrogen-bond acceptors (Lipinski definition) is 4. The number of benzene rings is 2. The number of nitrogens with one attached hydrogen (secondary N) is 2. The van der Waals surface area contributed by atoms with Crippen molar-refractivity contribution >= 4 is 38.9 Å². The van der Waals surface area contributed by atoms with Gasteiger partial charge in [-0.25, -0.2) is 8.42 Å². The van der Waals surface area contributed by atoms with Crippen LogP contribution < -0.4 is 10.0 Å². The SMILES string of the molecule is O=C1NCc2ccccc2C2CC12NS(=O)(=O)c1ccc(-c2ccc(Cl)cc2)s1. The number of sulfonamides is 1. The number of thiophene rings is 1. The maximum atomic E-state index is 13.1. The predicted molar refractivity (Wildman–Crippen MR) is 113 cm³/mol. The molecule has 5 nitrogen and oxygen atoms in total. The van der Waals surface area contributed by atoms with Gasteiger partial charge in [-0.05, 0) is 47.4 Å². The van der Waals surface area contributed by atoms with Gasteiger partial charge in [0.2, 0.25) is 5.91 Å². The van der Waals surface area contributed by atoms with Crippen molar-refractivity contribution in [2.75, 3.05) is 0 Å². The number of carbonyl (C=O) groups is 1. The second-order valence-electron chi connectivity index (χ2n) is 7.34. The van der Waals surface area contributed by atoms with Gasteiger partial charge in [0, 0.05) is 22.4 Å². The molecule has 1 saturated carbocycles. The summed E-state index contributed by atoms with van der Waals surface area (Å²) in [7, 11) is -3.84. The molecule has 8 heteroatoms. The molecule has 1 fully saturated rings. The van der Waals surface area contributed by atoms with Crippen LogP contribution in [0.25, 0.3) is 10.4 Å². The largest absolute Gasteiger partial charge is 0.350 e. The molecular formula is C21H17ClN2O3S2. The minimum absolute atomic E-state index is 0.147. The lowest BCUT2D eigenvalue weighted by atomic mass is 10.0. The summed E-state index contributed by atoms with van der Waals surface area (Å²) in [6.07, 6.45) is 0.463. The minimum Gasteiger partial charge on any atom is -0.350 e. The van der Waals surface area contributed by atoms with Gasteiger partial charge in [0.1, 0.15) is 9.75 Å². The monoisotopic (exact) mass is 444 g/mol. The second-order valence-corrected chi connectivity index (χ2v) is 10.8. The van der Waals surface area contributed by atoms with E-state index in [1.165, 1.54) is 11.3 Å². The Morgan fingerprint density at radius 1 is 1.07 bits per heavy atom. The van der Waals surface area contributed by atoms with Crippen molar-refractivity contribution in [1.29, 1.82) is 0 Å². The third-order valence-corrected chi connectivity index (χ3v) is 8.92. The van der Waals surface area contributed by atoms with E-state index in [0.29, 0.717) is 18.0 Å². The van der Waals surface area contributed by atoms with E-state index < -0.39 is 15.6 Å². The molecule has 0 spiro atoms. The van der Waals surface area contributed by atoms with Crippen molar-refractivity contribution in [2.24, 2.45) is 0 Å². The molecule has 1 aromatic heterocycles. The van der Waals surface area contributed by atoms with Crippen LogP contribution in [0.15, 0.2) is 64.9 Å². The molecule has 2 unspecified atom stereocenters. The van der Waals surface area contributed by atoms with Crippen LogP contribution >= 0.6 is 22.9 Å². The van der Waals surface area contributed by atoms with Crippen LogP contribution in [0.3, 0.4) is 0 Å². The summed E-state index contributed by atoms with van der Waals surface area (Å²) in [6, 6.07) is 18.4. The number of hydrogen-bond donors (Lipinski definition) is 2. The molecular weight excluding hydrogens is 428 g/mol. The first kappa shape index (κ1) is 18.8. The van der Waals surface area contributed by atoms with E-state index in [-0.39, 0.29) is 16.0 Å². The molecule has 0 saturated heterocycles. The zero-order chi connectivity index (χ0) is 20.2. The summed E-state index contributed by atoms with van der Waals surface area (Å²) in [4.78, 5) is 13.6. The van der Waals surface area contributed by atoms with Gasteiger partial charge in [0.05, 0.1) is 0 Å². The second kappa shape index (κ2) is 6.67. The number of rotatable bonds is 4. The highest BCUT2D eigenvalue weighted by Gasteiger charge is 2.64. The number of amides is 1. The molecule has 5 rings (SSSR count). The Morgan fingerprint density at radius 2 is 1.83 bits per heavy atom. The van der Waals surface area contributed by atoms with Crippen LogP contribution in [0.4, 0.5) is 0 Å². The van der Waals surface area contributed by atoms with Crippen molar-refractivity contribution in [3.8, 4) is 10.4 Å². The van der Waals surface area contributed by atoms with E-state index in [2.05, 4.69) is 10.0 Å². The highest BCUT2D eigenvalue weighted by Crippen LogP contribution is 2.54. The minimum atomic E-state index is -3.84. The van der Waals surface area contributed by atoms with Crippen molar-refractivity contribution in [3.05, 3.63) is 76.8 Å². The first-order chi connectivity index (χ1) is 13.9. The van der Waals surface area contributed by atoms with Gasteiger partial charge in [-0.1, -0.05) is 48.0 Å². The molecule has 0 radical (unpaired) electrons. The summed E-state index contributed by atoms with van der Waals surface area (Å²) in [5.41, 5.74) is 1.84. The van der Waals surface area contributed by atoms with Crippen molar-refractivity contribution in [3.63, 3.8) is 0 Å². The zero-order valence-corrected chi connectivity index (χ0v) is 17.6. The fourth-order valence-corrected chi connectivity index (χ4v) is 6.79. The van der Waals surface area contributed by atoms with E-state index in [1.54, 1.807) is 24.3 Å². The Labute approximate surface area is 177 Å². The Kier molecular flexibility index (Phi) is 4.33. The lowest BCUT2D eigenvalue weighted by molar-refractivity contribution is -0.123. The van der Waals surface area contributed by atoms with Gasteiger partial charge < -0.3 is 5.32 Å². The Balaban J connectivity index is 1.45. The van der Waals surface area contributed by atoms with Crippen LogP contribution in [-0.2, 0) is 21.4 Å². The van der Waals surface area contributed by atoms with Gasteiger partial charge in [0.25, 0.3) is 10.0 Å². The van der Waals surface area contributed by atoms with Crippen molar-refractivity contribution in [1.82, 2.24) is 10.0 Å². The average Bonchev–Trinajstić information content (AvgIpc) is 3.21. The van der Waals surface area contributed by atoms with Crippen LogP contribution in [0, 0.1) is 0 Å². The molecule has 2 aromatic carbocycles. The summed E-state index contributed by atoms with van der Waals surface area (Å²) < 4.78 is 29.1. The molecule has 2 aliphatic rings. The van der Waals surface area contributed by atoms with Gasteiger partial charge >= 0.3 is 0 Å². The Morgan fingerprint density at radius 3 is 2.62 bits per heavy atom. The van der Waals surface area contributed by atoms with Crippen molar-refractivity contribution < 1.29 is 13.2 Å². The van der Waals surface area contributed by atoms with Gasteiger partial charge in [-0.15, -0.1) is 11.3 Å². The third kappa shape index (κ3) is 3.18. The Bertz CT molecular complexity index is 1220. The van der Waals surface area contributed by atoms with E-state index in [9.17, 15) is 13.2 Å². The number of carbonyl (C=O) groups excluding carboxylic acids is 1. The maximum Gasteiger partial charge on any atom is 0.251 e. The van der Waals surface area contributed by atoms with Crippen LogP contribution in [0.1, 0.15) is 23.5 Å². The van der Waals surface area contributed by atoms with Crippen LogP contribution in [0.5, 0.6) is 0 Å². The van der Waals surface area contributed by atoms with E-state index in [1.807, 2.05) is 36.4 Å². The molecule has 2 atom stereocenters. The molecule has 2 N–H and O–H groups in total. The lowest BCUT2D eigenvalue weighted by Crippen LogP contribution is -2.48. The first-order valence-corrected chi connectivity index (χ1v) is 11.8. The summed E-state index contributed by atoms with van der Waals surface area (Å²) in [5, 5.41) is 3.49. The molecule has 1 amide bonds. The number of halogens is 1. The normalized spacial score (nSPS) is 22.9. The maximum absolute atomic E-state index is 13.1. The fraction of sp³-hybridized carbons (Fsp3) is 0.190. The molecule has 148 valence electrons. The smallest absolute Gasteiger partial charge is 0.251 e. The summed E-state index contributed by atoms with van der Waals surface area (Å²) >= 11 is 7.10. The van der Waals surface area contributed by atoms with Crippen LogP contribution in [-0.4, -0.2) is 19.9 Å². The quantitative estimate of drug-likeness (QED) is 0.640. The van der Waals surface area contributed by atoms with Gasteiger partial charge in [-0.2, -0.15) is 4.72 Å². The van der Waals surface area contributed by atoms with E-state index >= 15 is 0 Å². The topological polar surface area (TPSA) is 75.3 Å². The zero-order valence-electron chi connectivity index (χ0n) is 15.2. The van der Waals surface area contributed by atoms with Gasteiger partial charge in [-0.3, -0.25) is 4.79 Å². The molecule has 1 aliphatic heterocycles. The standard InChI is InChI=1S/C21H17ClN2O3S2/c22-15-7-5-13(6-8-15)18-9-10-19(28-18)29(26,27)24-21-11-17(21)16-4-2-1-3-14(16)12-23-20(21)25/h1-10,17,24H,11-12H2,(H,23,25). The molecule has 2 heterocycles. The van der Waals surface area contributed by atoms with E-state index in [0.717, 1.165) is 21.6 Å². The fourth-order valence-electron chi connectivity index (χ4n) is 3.94. The third-order valence-electron chi connectivity index (χ3n) is 5.53.